The summed E-state index contributed by atoms with van der Waals surface area (Å²) in [5, 5.41) is 6.06. The van der Waals surface area contributed by atoms with Crippen LogP contribution in [0.4, 0.5) is 11.4 Å². The Morgan fingerprint density at radius 1 is 1.30 bits per heavy atom. The number of sulfonamides is 1. The normalized spacial score (nSPS) is 15.3. The highest BCUT2D eigenvalue weighted by Crippen LogP contribution is 2.28. The van der Waals surface area contributed by atoms with Crippen molar-refractivity contribution in [3.8, 4) is 0 Å². The topological polar surface area (TPSA) is 90.5 Å². The minimum atomic E-state index is -3.42. The lowest BCUT2D eigenvalue weighted by Crippen LogP contribution is -2.43. The largest absolute Gasteiger partial charge is 0.367 e. The molecule has 1 aromatic carbocycles. The fourth-order valence-electron chi connectivity index (χ4n) is 2.48. The van der Waals surface area contributed by atoms with E-state index in [2.05, 4.69) is 20.3 Å². The number of carbonyl (C=O) groups is 1. The first-order valence-corrected chi connectivity index (χ1v) is 9.65. The lowest BCUT2D eigenvalue weighted by atomic mass is 10.1. The molecule has 23 heavy (non-hydrogen) atoms. The number of amides is 1. The monoisotopic (exact) mass is 340 g/mol. The predicted molar refractivity (Wildman–Crippen MR) is 92.6 cm³/mol. The molecule has 1 saturated heterocycles. The Morgan fingerprint density at radius 3 is 2.61 bits per heavy atom. The molecule has 1 aliphatic heterocycles. The molecule has 0 radical (unpaired) electrons. The standard InChI is InChI=1S/C15H24N4O3S/c1-3-6-17-15(20)12-4-5-14(19-9-7-16-8-10-19)13(11-12)18-23(2,21)22/h4-5,11,16,18H,3,6-10H2,1-2H3,(H,17,20). The fourth-order valence-corrected chi connectivity index (χ4v) is 3.04. The third-order valence-corrected chi connectivity index (χ3v) is 4.14. The van der Waals surface area contributed by atoms with E-state index in [9.17, 15) is 13.2 Å². The molecule has 0 unspecified atom stereocenters. The summed E-state index contributed by atoms with van der Waals surface area (Å²) >= 11 is 0. The van der Waals surface area contributed by atoms with Crippen molar-refractivity contribution in [3.63, 3.8) is 0 Å². The molecular weight excluding hydrogens is 316 g/mol. The Balaban J connectivity index is 2.31. The number of benzene rings is 1. The highest BCUT2D eigenvalue weighted by Gasteiger charge is 2.18. The highest BCUT2D eigenvalue weighted by molar-refractivity contribution is 7.92. The molecule has 0 aliphatic carbocycles. The second kappa shape index (κ2) is 7.65. The summed E-state index contributed by atoms with van der Waals surface area (Å²) < 4.78 is 25.8. The maximum Gasteiger partial charge on any atom is 0.251 e. The molecule has 128 valence electrons. The molecule has 3 N–H and O–H groups in total. The fraction of sp³-hybridized carbons (Fsp3) is 0.533. The van der Waals surface area contributed by atoms with Crippen LogP contribution in [0, 0.1) is 0 Å². The molecule has 1 amide bonds. The summed E-state index contributed by atoms with van der Waals surface area (Å²) in [6, 6.07) is 5.14. The van der Waals surface area contributed by atoms with Crippen LogP contribution in [0.1, 0.15) is 23.7 Å². The van der Waals surface area contributed by atoms with E-state index in [0.29, 0.717) is 17.8 Å². The molecule has 0 spiro atoms. The minimum Gasteiger partial charge on any atom is -0.367 e. The van der Waals surface area contributed by atoms with E-state index < -0.39 is 10.0 Å². The van der Waals surface area contributed by atoms with Gasteiger partial charge in [-0.1, -0.05) is 6.92 Å². The number of hydrogen-bond acceptors (Lipinski definition) is 5. The van der Waals surface area contributed by atoms with Crippen LogP contribution in [-0.2, 0) is 10.0 Å². The van der Waals surface area contributed by atoms with E-state index in [1.807, 2.05) is 6.92 Å². The summed E-state index contributed by atoms with van der Waals surface area (Å²) in [6.45, 7) is 5.84. The van der Waals surface area contributed by atoms with Crippen LogP contribution < -0.4 is 20.3 Å². The second-order valence-corrected chi connectivity index (χ2v) is 7.35. The van der Waals surface area contributed by atoms with Gasteiger partial charge in [0, 0.05) is 38.3 Å². The Kier molecular flexibility index (Phi) is 5.84. The number of rotatable bonds is 6. The molecule has 0 aromatic heterocycles. The smallest absolute Gasteiger partial charge is 0.251 e. The predicted octanol–water partition coefficient (Wildman–Crippen LogP) is 0.608. The first-order valence-electron chi connectivity index (χ1n) is 7.76. The quantitative estimate of drug-likeness (QED) is 0.706. The summed E-state index contributed by atoms with van der Waals surface area (Å²) in [5.41, 5.74) is 1.69. The van der Waals surface area contributed by atoms with E-state index in [4.69, 9.17) is 0 Å². The molecule has 0 saturated carbocycles. The molecule has 2 rings (SSSR count). The lowest BCUT2D eigenvalue weighted by Gasteiger charge is -2.31. The zero-order valence-electron chi connectivity index (χ0n) is 13.6. The van der Waals surface area contributed by atoms with Crippen molar-refractivity contribution in [1.82, 2.24) is 10.6 Å². The van der Waals surface area contributed by atoms with Gasteiger partial charge in [0.2, 0.25) is 10.0 Å². The molecule has 8 heteroatoms. The number of nitrogens with one attached hydrogen (secondary N) is 3. The SMILES string of the molecule is CCCNC(=O)c1ccc(N2CCNCC2)c(NS(C)(=O)=O)c1. The van der Waals surface area contributed by atoms with E-state index in [1.165, 1.54) is 0 Å². The van der Waals surface area contributed by atoms with Crippen LogP contribution >= 0.6 is 0 Å². The number of hydrogen-bond donors (Lipinski definition) is 3. The number of anilines is 2. The van der Waals surface area contributed by atoms with Crippen LogP contribution in [-0.4, -0.2) is 53.3 Å². The van der Waals surface area contributed by atoms with Gasteiger partial charge in [0.1, 0.15) is 0 Å². The molecular formula is C15H24N4O3S. The van der Waals surface area contributed by atoms with Gasteiger partial charge in [-0.3, -0.25) is 9.52 Å². The first-order chi connectivity index (χ1) is 10.9. The first kappa shape index (κ1) is 17.6. The van der Waals surface area contributed by atoms with Crippen LogP contribution in [0.25, 0.3) is 0 Å². The van der Waals surface area contributed by atoms with Crippen molar-refractivity contribution in [2.75, 3.05) is 48.6 Å². The Bertz CT molecular complexity index is 655. The van der Waals surface area contributed by atoms with Crippen molar-refractivity contribution in [3.05, 3.63) is 23.8 Å². The molecule has 0 bridgehead atoms. The summed E-state index contributed by atoms with van der Waals surface area (Å²) in [6.07, 6.45) is 1.96. The maximum atomic E-state index is 12.1. The average molecular weight is 340 g/mol. The van der Waals surface area contributed by atoms with Crippen molar-refractivity contribution in [2.24, 2.45) is 0 Å². The van der Waals surface area contributed by atoms with E-state index in [1.54, 1.807) is 18.2 Å². The summed E-state index contributed by atoms with van der Waals surface area (Å²) in [4.78, 5) is 14.2. The van der Waals surface area contributed by atoms with Crippen LogP contribution in [0.2, 0.25) is 0 Å². The summed E-state index contributed by atoms with van der Waals surface area (Å²) in [7, 11) is -3.42. The molecule has 1 aliphatic rings. The lowest BCUT2D eigenvalue weighted by molar-refractivity contribution is 0.0953. The minimum absolute atomic E-state index is 0.199. The van der Waals surface area contributed by atoms with Gasteiger partial charge in [0.15, 0.2) is 0 Å². The van der Waals surface area contributed by atoms with Crippen molar-refractivity contribution >= 4 is 27.3 Å². The zero-order chi connectivity index (χ0) is 16.9. The molecule has 1 heterocycles. The second-order valence-electron chi connectivity index (χ2n) is 5.60. The third-order valence-electron chi connectivity index (χ3n) is 3.55. The van der Waals surface area contributed by atoms with Crippen LogP contribution in [0.15, 0.2) is 18.2 Å². The molecule has 1 aromatic rings. The van der Waals surface area contributed by atoms with Gasteiger partial charge in [-0.2, -0.15) is 0 Å². The number of nitrogens with zero attached hydrogens (tertiary/aromatic N) is 1. The third kappa shape index (κ3) is 5.11. The van der Waals surface area contributed by atoms with Gasteiger partial charge in [0.05, 0.1) is 17.6 Å². The molecule has 0 atom stereocenters. The van der Waals surface area contributed by atoms with Gasteiger partial charge >= 0.3 is 0 Å². The van der Waals surface area contributed by atoms with Crippen molar-refractivity contribution in [2.45, 2.75) is 13.3 Å². The molecule has 1 fully saturated rings. The van der Waals surface area contributed by atoms with Crippen molar-refractivity contribution < 1.29 is 13.2 Å². The number of carbonyl (C=O) groups excluding carboxylic acids is 1. The van der Waals surface area contributed by atoms with E-state index >= 15 is 0 Å². The van der Waals surface area contributed by atoms with Crippen LogP contribution in [0.3, 0.4) is 0 Å². The Hall–Kier alpha value is -1.80. The Morgan fingerprint density at radius 2 is 2.00 bits per heavy atom. The zero-order valence-corrected chi connectivity index (χ0v) is 14.4. The highest BCUT2D eigenvalue weighted by atomic mass is 32.2. The van der Waals surface area contributed by atoms with Gasteiger partial charge in [0.25, 0.3) is 5.91 Å². The van der Waals surface area contributed by atoms with E-state index in [-0.39, 0.29) is 5.91 Å². The van der Waals surface area contributed by atoms with E-state index in [0.717, 1.165) is 44.5 Å². The van der Waals surface area contributed by atoms with Gasteiger partial charge in [-0.05, 0) is 24.6 Å². The molecule has 7 nitrogen and oxygen atoms in total. The summed E-state index contributed by atoms with van der Waals surface area (Å²) in [5.74, 6) is -0.199. The van der Waals surface area contributed by atoms with Crippen LogP contribution in [0.5, 0.6) is 0 Å². The average Bonchev–Trinajstić information content (AvgIpc) is 2.52. The van der Waals surface area contributed by atoms with Gasteiger partial charge in [-0.15, -0.1) is 0 Å². The number of piperazine rings is 1. The van der Waals surface area contributed by atoms with Gasteiger partial charge in [-0.25, -0.2) is 8.42 Å². The maximum absolute atomic E-state index is 12.1. The Labute approximate surface area is 137 Å². The van der Waals surface area contributed by atoms with Crippen molar-refractivity contribution in [1.29, 1.82) is 0 Å². The van der Waals surface area contributed by atoms with Gasteiger partial charge < -0.3 is 15.5 Å².